The third kappa shape index (κ3) is 3.68. The molecule has 1 amide bonds. The van der Waals surface area contributed by atoms with Crippen molar-refractivity contribution in [1.29, 1.82) is 0 Å². The van der Waals surface area contributed by atoms with Crippen molar-refractivity contribution in [1.82, 2.24) is 24.9 Å². The van der Waals surface area contributed by atoms with E-state index in [9.17, 15) is 4.79 Å². The summed E-state index contributed by atoms with van der Waals surface area (Å²) in [7, 11) is 0. The van der Waals surface area contributed by atoms with E-state index in [1.807, 2.05) is 45.0 Å². The molecule has 0 aliphatic carbocycles. The molecule has 0 spiro atoms. The largest absolute Gasteiger partial charge is 0.454 e. The van der Waals surface area contributed by atoms with Crippen LogP contribution in [0.25, 0.3) is 5.78 Å². The number of benzene rings is 1. The van der Waals surface area contributed by atoms with Gasteiger partial charge in [-0.25, -0.2) is 9.50 Å². The van der Waals surface area contributed by atoms with Gasteiger partial charge in [-0.1, -0.05) is 17.8 Å². The standard InChI is InChI=1S/C18H19N5O3S/c1-10-6-11(2)23-17(20-10)21-18(22-23)27-12(3)16(24)19-8-13-4-5-14-15(7-13)26-9-25-14/h4-7,12H,8-9H2,1-3H3,(H,19,24)/t12-/m0/s1. The molecule has 0 saturated carbocycles. The Morgan fingerprint density at radius 1 is 1.26 bits per heavy atom. The van der Waals surface area contributed by atoms with Crippen LogP contribution in [0.1, 0.15) is 23.9 Å². The summed E-state index contributed by atoms with van der Waals surface area (Å²) in [6.07, 6.45) is 0. The zero-order chi connectivity index (χ0) is 19.0. The Labute approximate surface area is 160 Å². The topological polar surface area (TPSA) is 90.6 Å². The number of nitrogens with zero attached hydrogens (tertiary/aromatic N) is 4. The molecule has 2 aromatic heterocycles. The molecule has 3 aromatic rings. The lowest BCUT2D eigenvalue weighted by Gasteiger charge is -2.10. The lowest BCUT2D eigenvalue weighted by Crippen LogP contribution is -2.30. The Hall–Kier alpha value is -2.81. The third-order valence-electron chi connectivity index (χ3n) is 4.15. The molecule has 8 nitrogen and oxygen atoms in total. The second-order valence-electron chi connectivity index (χ2n) is 6.31. The first-order chi connectivity index (χ1) is 13.0. The molecule has 0 fully saturated rings. The van der Waals surface area contributed by atoms with Crippen LogP contribution in [0.4, 0.5) is 0 Å². The Bertz CT molecular complexity index is 1020. The Kier molecular flexibility index (Phi) is 4.61. The Balaban J connectivity index is 1.38. The van der Waals surface area contributed by atoms with E-state index in [1.54, 1.807) is 4.52 Å². The SMILES string of the molecule is Cc1cc(C)n2nc(S[C@@H](C)C(=O)NCc3ccc4c(c3)OCO4)nc2n1. The van der Waals surface area contributed by atoms with E-state index in [1.165, 1.54) is 11.8 Å². The summed E-state index contributed by atoms with van der Waals surface area (Å²) in [5, 5.41) is 7.55. The van der Waals surface area contributed by atoms with Crippen molar-refractivity contribution in [3.05, 3.63) is 41.2 Å². The van der Waals surface area contributed by atoms with Crippen LogP contribution in [0.15, 0.2) is 29.4 Å². The molecule has 9 heteroatoms. The summed E-state index contributed by atoms with van der Waals surface area (Å²) in [4.78, 5) is 21.2. The number of carbonyl (C=O) groups excluding carboxylic acids is 1. The van der Waals surface area contributed by atoms with E-state index in [4.69, 9.17) is 9.47 Å². The van der Waals surface area contributed by atoms with Gasteiger partial charge in [0, 0.05) is 17.9 Å². The third-order valence-corrected chi connectivity index (χ3v) is 5.11. The highest BCUT2D eigenvalue weighted by atomic mass is 32.2. The minimum Gasteiger partial charge on any atom is -0.454 e. The lowest BCUT2D eigenvalue weighted by molar-refractivity contribution is -0.120. The summed E-state index contributed by atoms with van der Waals surface area (Å²) >= 11 is 1.31. The van der Waals surface area contributed by atoms with Gasteiger partial charge in [-0.2, -0.15) is 4.98 Å². The summed E-state index contributed by atoms with van der Waals surface area (Å²) in [6.45, 7) is 6.35. The van der Waals surface area contributed by atoms with Gasteiger partial charge in [0.2, 0.25) is 17.9 Å². The summed E-state index contributed by atoms with van der Waals surface area (Å²) in [6, 6.07) is 7.57. The van der Waals surface area contributed by atoms with Gasteiger partial charge in [-0.05, 0) is 44.5 Å². The molecular formula is C18H19N5O3S. The van der Waals surface area contributed by atoms with Crippen molar-refractivity contribution < 1.29 is 14.3 Å². The van der Waals surface area contributed by atoms with Crippen molar-refractivity contribution in [3.8, 4) is 11.5 Å². The van der Waals surface area contributed by atoms with E-state index in [2.05, 4.69) is 20.4 Å². The summed E-state index contributed by atoms with van der Waals surface area (Å²) < 4.78 is 12.3. The zero-order valence-electron chi connectivity index (χ0n) is 15.2. The number of hydrogen-bond donors (Lipinski definition) is 1. The van der Waals surface area contributed by atoms with Crippen molar-refractivity contribution >= 4 is 23.4 Å². The van der Waals surface area contributed by atoms with Crippen molar-refractivity contribution in [3.63, 3.8) is 0 Å². The monoisotopic (exact) mass is 385 g/mol. The van der Waals surface area contributed by atoms with Crippen LogP contribution in [0.2, 0.25) is 0 Å². The van der Waals surface area contributed by atoms with E-state index in [-0.39, 0.29) is 18.0 Å². The molecule has 0 radical (unpaired) electrons. The average Bonchev–Trinajstić information content (AvgIpc) is 3.25. The van der Waals surface area contributed by atoms with Crippen LogP contribution in [-0.4, -0.2) is 37.5 Å². The highest BCUT2D eigenvalue weighted by Crippen LogP contribution is 2.32. The van der Waals surface area contributed by atoms with Gasteiger partial charge in [-0.15, -0.1) is 5.10 Å². The molecule has 27 heavy (non-hydrogen) atoms. The van der Waals surface area contributed by atoms with Gasteiger partial charge in [0.05, 0.1) is 5.25 Å². The fraction of sp³-hybridized carbons (Fsp3) is 0.333. The number of aromatic nitrogens is 4. The maximum atomic E-state index is 12.4. The average molecular weight is 385 g/mol. The van der Waals surface area contributed by atoms with Gasteiger partial charge in [0.1, 0.15) is 0 Å². The van der Waals surface area contributed by atoms with Crippen LogP contribution < -0.4 is 14.8 Å². The fourth-order valence-electron chi connectivity index (χ4n) is 2.79. The molecule has 1 N–H and O–H groups in total. The number of nitrogens with one attached hydrogen (secondary N) is 1. The molecule has 3 heterocycles. The highest BCUT2D eigenvalue weighted by molar-refractivity contribution is 8.00. The molecule has 140 valence electrons. The van der Waals surface area contributed by atoms with Gasteiger partial charge >= 0.3 is 0 Å². The number of thioether (sulfide) groups is 1. The summed E-state index contributed by atoms with van der Waals surface area (Å²) in [5.74, 6) is 1.89. The smallest absolute Gasteiger partial charge is 0.253 e. The number of amides is 1. The summed E-state index contributed by atoms with van der Waals surface area (Å²) in [5.41, 5.74) is 2.79. The van der Waals surface area contributed by atoms with E-state index < -0.39 is 0 Å². The van der Waals surface area contributed by atoms with E-state index in [0.29, 0.717) is 23.2 Å². The van der Waals surface area contributed by atoms with Crippen molar-refractivity contribution in [2.45, 2.75) is 37.7 Å². The normalized spacial score (nSPS) is 13.7. The quantitative estimate of drug-likeness (QED) is 0.674. The molecule has 0 unspecified atom stereocenters. The van der Waals surface area contributed by atoms with Crippen LogP contribution in [-0.2, 0) is 11.3 Å². The first kappa shape index (κ1) is 17.6. The van der Waals surface area contributed by atoms with E-state index >= 15 is 0 Å². The number of carbonyl (C=O) groups is 1. The first-order valence-electron chi connectivity index (χ1n) is 8.53. The fourth-order valence-corrected chi connectivity index (χ4v) is 3.56. The molecule has 1 aliphatic rings. The zero-order valence-corrected chi connectivity index (χ0v) is 16.0. The number of ether oxygens (including phenoxy) is 2. The minimum absolute atomic E-state index is 0.0858. The second-order valence-corrected chi connectivity index (χ2v) is 7.62. The van der Waals surface area contributed by atoms with E-state index in [0.717, 1.165) is 22.7 Å². The number of hydrogen-bond acceptors (Lipinski definition) is 7. The molecule has 1 aromatic carbocycles. The minimum atomic E-state index is -0.335. The predicted octanol–water partition coefficient (Wildman–Crippen LogP) is 2.27. The van der Waals surface area contributed by atoms with Crippen molar-refractivity contribution in [2.24, 2.45) is 0 Å². The first-order valence-corrected chi connectivity index (χ1v) is 9.41. The Morgan fingerprint density at radius 2 is 2.07 bits per heavy atom. The molecule has 1 aliphatic heterocycles. The lowest BCUT2D eigenvalue weighted by atomic mass is 10.2. The van der Waals surface area contributed by atoms with Gasteiger partial charge < -0.3 is 14.8 Å². The molecule has 0 saturated heterocycles. The number of fused-ring (bicyclic) bond motifs is 2. The molecule has 1 atom stereocenters. The maximum Gasteiger partial charge on any atom is 0.253 e. The van der Waals surface area contributed by atoms with Gasteiger partial charge in [0.25, 0.3) is 5.78 Å². The second kappa shape index (κ2) is 7.07. The molecule has 4 rings (SSSR count). The van der Waals surface area contributed by atoms with Crippen LogP contribution in [0.3, 0.4) is 0 Å². The number of aryl methyl sites for hydroxylation is 2. The van der Waals surface area contributed by atoms with Gasteiger partial charge in [-0.3, -0.25) is 4.79 Å². The molecular weight excluding hydrogens is 366 g/mol. The van der Waals surface area contributed by atoms with Crippen molar-refractivity contribution in [2.75, 3.05) is 6.79 Å². The van der Waals surface area contributed by atoms with Crippen LogP contribution in [0.5, 0.6) is 11.5 Å². The number of rotatable bonds is 5. The van der Waals surface area contributed by atoms with Crippen LogP contribution >= 0.6 is 11.8 Å². The highest BCUT2D eigenvalue weighted by Gasteiger charge is 2.19. The Morgan fingerprint density at radius 3 is 2.93 bits per heavy atom. The maximum absolute atomic E-state index is 12.4. The van der Waals surface area contributed by atoms with Crippen LogP contribution in [0, 0.1) is 13.8 Å². The molecule has 0 bridgehead atoms. The van der Waals surface area contributed by atoms with Gasteiger partial charge in [0.15, 0.2) is 11.5 Å². The predicted molar refractivity (Wildman–Crippen MR) is 100.0 cm³/mol.